The summed E-state index contributed by atoms with van der Waals surface area (Å²) in [6.07, 6.45) is 1.66. The molecule has 0 radical (unpaired) electrons. The topological polar surface area (TPSA) is 104 Å². The van der Waals surface area contributed by atoms with Crippen LogP contribution in [0.3, 0.4) is 0 Å². The number of para-hydroxylation sites is 1. The standard InChI is InChI=1S/C27H22N2O5/c1-2-13-31-20-10-6-7-18(14-20)26-22-12-11-21(15-24(22)34-27(29)23(26)16-28)33-25(30)17-32-19-8-4-3-5-9-19/h2-12,14-15,26H,1,13,17,29H2. The summed E-state index contributed by atoms with van der Waals surface area (Å²) < 4.78 is 22.2. The van der Waals surface area contributed by atoms with E-state index in [1.807, 2.05) is 42.5 Å². The second-order valence-electron chi connectivity index (χ2n) is 7.37. The van der Waals surface area contributed by atoms with Crippen LogP contribution < -0.4 is 24.7 Å². The summed E-state index contributed by atoms with van der Waals surface area (Å²) in [4.78, 5) is 12.2. The Morgan fingerprint density at radius 1 is 1.03 bits per heavy atom. The van der Waals surface area contributed by atoms with Gasteiger partial charge in [0, 0.05) is 11.6 Å². The van der Waals surface area contributed by atoms with Crippen molar-refractivity contribution in [2.45, 2.75) is 5.92 Å². The first-order chi connectivity index (χ1) is 16.6. The molecule has 0 saturated heterocycles. The molecule has 34 heavy (non-hydrogen) atoms. The van der Waals surface area contributed by atoms with Crippen LogP contribution in [0.25, 0.3) is 0 Å². The maximum atomic E-state index is 12.2. The molecule has 0 spiro atoms. The summed E-state index contributed by atoms with van der Waals surface area (Å²) in [6.45, 7) is 3.77. The zero-order valence-corrected chi connectivity index (χ0v) is 18.3. The number of esters is 1. The fourth-order valence-corrected chi connectivity index (χ4v) is 3.60. The highest BCUT2D eigenvalue weighted by atomic mass is 16.6. The molecule has 0 aromatic heterocycles. The van der Waals surface area contributed by atoms with Gasteiger partial charge in [0.25, 0.3) is 0 Å². The van der Waals surface area contributed by atoms with E-state index in [4.69, 9.17) is 24.7 Å². The maximum Gasteiger partial charge on any atom is 0.349 e. The zero-order valence-electron chi connectivity index (χ0n) is 18.3. The first-order valence-corrected chi connectivity index (χ1v) is 10.5. The van der Waals surface area contributed by atoms with Crippen LogP contribution in [0, 0.1) is 11.3 Å². The van der Waals surface area contributed by atoms with E-state index in [1.54, 1.807) is 36.4 Å². The number of nitriles is 1. The van der Waals surface area contributed by atoms with Crippen LogP contribution in [0.5, 0.6) is 23.0 Å². The van der Waals surface area contributed by atoms with Gasteiger partial charge < -0.3 is 24.7 Å². The molecule has 3 aromatic rings. The minimum Gasteiger partial charge on any atom is -0.490 e. The van der Waals surface area contributed by atoms with Crippen molar-refractivity contribution in [1.29, 1.82) is 5.26 Å². The second kappa shape index (κ2) is 10.3. The largest absolute Gasteiger partial charge is 0.490 e. The molecule has 3 aromatic carbocycles. The van der Waals surface area contributed by atoms with Gasteiger partial charge in [0.05, 0.1) is 5.92 Å². The molecule has 1 unspecified atom stereocenters. The van der Waals surface area contributed by atoms with Gasteiger partial charge in [-0.2, -0.15) is 5.26 Å². The third-order valence-electron chi connectivity index (χ3n) is 5.08. The lowest BCUT2D eigenvalue weighted by Crippen LogP contribution is -2.21. The molecule has 7 heteroatoms. The van der Waals surface area contributed by atoms with Gasteiger partial charge >= 0.3 is 5.97 Å². The normalized spacial score (nSPS) is 14.3. The lowest BCUT2D eigenvalue weighted by molar-refractivity contribution is -0.136. The molecule has 0 amide bonds. The Labute approximate surface area is 197 Å². The monoisotopic (exact) mass is 454 g/mol. The van der Waals surface area contributed by atoms with E-state index in [0.29, 0.717) is 29.4 Å². The van der Waals surface area contributed by atoms with Crippen LogP contribution in [0.2, 0.25) is 0 Å². The van der Waals surface area contributed by atoms with Crippen molar-refractivity contribution < 1.29 is 23.7 Å². The molecule has 1 heterocycles. The van der Waals surface area contributed by atoms with Crippen LogP contribution in [-0.4, -0.2) is 19.2 Å². The molecule has 7 nitrogen and oxygen atoms in total. The Morgan fingerprint density at radius 2 is 1.82 bits per heavy atom. The Kier molecular flexibility index (Phi) is 6.80. The molecule has 4 rings (SSSR count). The Hall–Kier alpha value is -4.70. The molecule has 2 N–H and O–H groups in total. The second-order valence-corrected chi connectivity index (χ2v) is 7.37. The number of nitrogens with two attached hydrogens (primary N) is 1. The molecule has 1 atom stereocenters. The van der Waals surface area contributed by atoms with Crippen molar-refractivity contribution >= 4 is 5.97 Å². The van der Waals surface area contributed by atoms with Crippen LogP contribution in [-0.2, 0) is 4.79 Å². The predicted octanol–water partition coefficient (Wildman–Crippen LogP) is 4.45. The highest BCUT2D eigenvalue weighted by Gasteiger charge is 2.31. The number of hydrogen-bond acceptors (Lipinski definition) is 7. The molecule has 1 aliphatic rings. The lowest BCUT2D eigenvalue weighted by atomic mass is 9.83. The Bertz CT molecular complexity index is 1280. The fourth-order valence-electron chi connectivity index (χ4n) is 3.60. The van der Waals surface area contributed by atoms with Gasteiger partial charge in [-0.3, -0.25) is 0 Å². The molecule has 0 aliphatic carbocycles. The summed E-state index contributed by atoms with van der Waals surface area (Å²) in [5, 5.41) is 9.76. The minimum atomic E-state index is -0.565. The predicted molar refractivity (Wildman–Crippen MR) is 125 cm³/mol. The molecule has 170 valence electrons. The van der Waals surface area contributed by atoms with Crippen molar-refractivity contribution in [3.05, 3.63) is 108 Å². The number of ether oxygens (including phenoxy) is 4. The number of carbonyl (C=O) groups is 1. The summed E-state index contributed by atoms with van der Waals surface area (Å²) >= 11 is 0. The Morgan fingerprint density at radius 3 is 2.59 bits per heavy atom. The van der Waals surface area contributed by atoms with Crippen LogP contribution in [0.4, 0.5) is 0 Å². The van der Waals surface area contributed by atoms with Crippen molar-refractivity contribution in [2.24, 2.45) is 5.73 Å². The number of fused-ring (bicyclic) bond motifs is 1. The quantitative estimate of drug-likeness (QED) is 0.305. The van der Waals surface area contributed by atoms with Crippen molar-refractivity contribution in [3.8, 4) is 29.1 Å². The van der Waals surface area contributed by atoms with E-state index in [9.17, 15) is 10.1 Å². The summed E-state index contributed by atoms with van der Waals surface area (Å²) in [7, 11) is 0. The SMILES string of the molecule is C=CCOc1cccc(C2C(C#N)=C(N)Oc3cc(OC(=O)COc4ccccc4)ccc32)c1. The van der Waals surface area contributed by atoms with Crippen LogP contribution in [0.1, 0.15) is 17.0 Å². The third-order valence-corrected chi connectivity index (χ3v) is 5.08. The molecular weight excluding hydrogens is 432 g/mol. The van der Waals surface area contributed by atoms with Gasteiger partial charge in [-0.05, 0) is 35.9 Å². The van der Waals surface area contributed by atoms with Gasteiger partial charge in [0.2, 0.25) is 5.88 Å². The van der Waals surface area contributed by atoms with Crippen LogP contribution in [0.15, 0.2) is 96.9 Å². The van der Waals surface area contributed by atoms with E-state index in [2.05, 4.69) is 12.6 Å². The molecule has 0 fully saturated rings. The maximum absolute atomic E-state index is 12.2. The molecule has 0 bridgehead atoms. The summed E-state index contributed by atoms with van der Waals surface area (Å²) in [5.41, 5.74) is 7.89. The minimum absolute atomic E-state index is 0.00620. The molecular formula is C27H22N2O5. The Balaban J connectivity index is 1.57. The van der Waals surface area contributed by atoms with E-state index in [-0.39, 0.29) is 23.8 Å². The number of rotatable bonds is 8. The lowest BCUT2D eigenvalue weighted by Gasteiger charge is -2.27. The van der Waals surface area contributed by atoms with E-state index < -0.39 is 11.9 Å². The van der Waals surface area contributed by atoms with Gasteiger partial charge in [0.1, 0.15) is 41.2 Å². The van der Waals surface area contributed by atoms with Crippen LogP contribution >= 0.6 is 0 Å². The zero-order chi connectivity index (χ0) is 23.9. The number of benzene rings is 3. The van der Waals surface area contributed by atoms with E-state index >= 15 is 0 Å². The average molecular weight is 454 g/mol. The number of nitrogens with zero attached hydrogens (tertiary/aromatic N) is 1. The van der Waals surface area contributed by atoms with E-state index in [1.165, 1.54) is 0 Å². The van der Waals surface area contributed by atoms with Gasteiger partial charge in [-0.25, -0.2) is 4.79 Å². The summed E-state index contributed by atoms with van der Waals surface area (Å²) in [6, 6.07) is 23.5. The average Bonchev–Trinajstić information content (AvgIpc) is 2.86. The first-order valence-electron chi connectivity index (χ1n) is 10.5. The van der Waals surface area contributed by atoms with Crippen molar-refractivity contribution in [1.82, 2.24) is 0 Å². The van der Waals surface area contributed by atoms with E-state index in [0.717, 1.165) is 5.56 Å². The number of carbonyl (C=O) groups excluding carboxylic acids is 1. The highest BCUT2D eigenvalue weighted by molar-refractivity contribution is 5.74. The molecule has 0 saturated carbocycles. The van der Waals surface area contributed by atoms with Crippen molar-refractivity contribution in [3.63, 3.8) is 0 Å². The van der Waals surface area contributed by atoms with Gasteiger partial charge in [0.15, 0.2) is 6.61 Å². The third kappa shape index (κ3) is 5.03. The smallest absolute Gasteiger partial charge is 0.349 e. The summed E-state index contributed by atoms with van der Waals surface area (Å²) in [5.74, 6) is 0.844. The highest BCUT2D eigenvalue weighted by Crippen LogP contribution is 2.44. The van der Waals surface area contributed by atoms with Crippen molar-refractivity contribution in [2.75, 3.05) is 13.2 Å². The number of hydrogen-bond donors (Lipinski definition) is 1. The van der Waals surface area contributed by atoms with Gasteiger partial charge in [-0.1, -0.05) is 49.1 Å². The fraction of sp³-hybridized carbons (Fsp3) is 0.111. The van der Waals surface area contributed by atoms with Gasteiger partial charge in [-0.15, -0.1) is 0 Å². The number of allylic oxidation sites excluding steroid dienone is 1. The first kappa shape index (κ1) is 22.5. The molecule has 1 aliphatic heterocycles.